The molecule has 240 valence electrons. The van der Waals surface area contributed by atoms with Crippen molar-refractivity contribution < 1.29 is 0 Å². The first-order valence-corrected chi connectivity index (χ1v) is 17.8. The predicted molar refractivity (Wildman–Crippen MR) is 210 cm³/mol. The third-order valence-electron chi connectivity index (χ3n) is 11.2. The Kier molecular flexibility index (Phi) is 6.69. The van der Waals surface area contributed by atoms with Crippen LogP contribution in [0, 0.1) is 0 Å². The van der Waals surface area contributed by atoms with Gasteiger partial charge in [-0.05, 0) is 86.0 Å². The van der Waals surface area contributed by atoms with E-state index in [0.717, 1.165) is 17.1 Å². The van der Waals surface area contributed by atoms with Crippen LogP contribution in [0.4, 0.5) is 17.1 Å². The van der Waals surface area contributed by atoms with Crippen molar-refractivity contribution in [3.63, 3.8) is 0 Å². The molecule has 0 spiro atoms. The second-order valence-corrected chi connectivity index (χ2v) is 13.6. The summed E-state index contributed by atoms with van der Waals surface area (Å²) in [7, 11) is 0. The van der Waals surface area contributed by atoms with Gasteiger partial charge in [-0.15, -0.1) is 0 Å². The second-order valence-electron chi connectivity index (χ2n) is 13.6. The van der Waals surface area contributed by atoms with Gasteiger partial charge in [0.25, 0.3) is 0 Å². The summed E-state index contributed by atoms with van der Waals surface area (Å²) in [5, 5.41) is 0. The lowest BCUT2D eigenvalue weighted by molar-refractivity contribution is 0.627. The van der Waals surface area contributed by atoms with Crippen molar-refractivity contribution in [1.29, 1.82) is 0 Å². The third-order valence-corrected chi connectivity index (χ3v) is 11.2. The molecule has 8 aromatic rings. The Morgan fingerprint density at radius 3 is 1.29 bits per heavy atom. The van der Waals surface area contributed by atoms with E-state index in [4.69, 9.17) is 0 Å². The first-order chi connectivity index (χ1) is 25.3. The van der Waals surface area contributed by atoms with Gasteiger partial charge in [0.1, 0.15) is 0 Å². The highest BCUT2D eigenvalue weighted by atomic mass is 15.1. The third kappa shape index (κ3) is 4.03. The number of para-hydroxylation sites is 3. The van der Waals surface area contributed by atoms with Crippen LogP contribution in [-0.4, -0.2) is 0 Å². The quantitative estimate of drug-likeness (QED) is 0.173. The van der Waals surface area contributed by atoms with E-state index in [0.29, 0.717) is 0 Å². The van der Waals surface area contributed by atoms with Crippen molar-refractivity contribution in [3.8, 4) is 11.1 Å². The van der Waals surface area contributed by atoms with E-state index in [9.17, 15) is 0 Å². The minimum Gasteiger partial charge on any atom is -0.310 e. The molecule has 2 unspecified atom stereocenters. The van der Waals surface area contributed by atoms with E-state index in [1.54, 1.807) is 0 Å². The zero-order valence-corrected chi connectivity index (χ0v) is 28.2. The molecular weight excluding hydrogens is 615 g/mol. The maximum atomic E-state index is 2.43. The molecule has 0 aromatic heterocycles. The molecule has 0 amide bonds. The first-order valence-electron chi connectivity index (χ1n) is 17.8. The number of anilines is 3. The summed E-state index contributed by atoms with van der Waals surface area (Å²) in [5.41, 5.74) is 15.3. The molecule has 0 heterocycles. The maximum Gasteiger partial charge on any atom is 0.0728 e. The lowest BCUT2D eigenvalue weighted by Crippen LogP contribution is -2.44. The summed E-state index contributed by atoms with van der Waals surface area (Å²) >= 11 is 0. The number of fused-ring (bicyclic) bond motifs is 5. The van der Waals surface area contributed by atoms with Crippen LogP contribution in [0.3, 0.4) is 0 Å². The van der Waals surface area contributed by atoms with E-state index in [2.05, 4.69) is 217 Å². The molecule has 2 atom stereocenters. The van der Waals surface area contributed by atoms with E-state index in [-0.39, 0.29) is 0 Å². The number of benzene rings is 8. The fourth-order valence-electron chi connectivity index (χ4n) is 9.39. The number of hydrogen-bond donors (Lipinski definition) is 0. The number of nitrogens with zero attached hydrogens (tertiary/aromatic N) is 1. The first kappa shape index (κ1) is 29.5. The zero-order valence-electron chi connectivity index (χ0n) is 28.2. The molecule has 2 aliphatic carbocycles. The van der Waals surface area contributed by atoms with Crippen LogP contribution in [0.15, 0.2) is 212 Å². The molecule has 0 radical (unpaired) electrons. The van der Waals surface area contributed by atoms with E-state index in [1.165, 1.54) is 55.6 Å². The summed E-state index contributed by atoms with van der Waals surface area (Å²) in [6.45, 7) is 0. The van der Waals surface area contributed by atoms with Gasteiger partial charge in [0.2, 0.25) is 0 Å². The Labute approximate surface area is 299 Å². The molecule has 0 saturated heterocycles. The number of rotatable bonds is 6. The topological polar surface area (TPSA) is 3.24 Å². The molecule has 0 aliphatic heterocycles. The molecule has 51 heavy (non-hydrogen) atoms. The minimum atomic E-state index is -0.651. The molecular formula is C50H35N. The molecule has 0 N–H and O–H groups in total. The van der Waals surface area contributed by atoms with Crippen LogP contribution < -0.4 is 4.90 Å². The normalized spacial score (nSPS) is 18.0. The van der Waals surface area contributed by atoms with Gasteiger partial charge in [0.15, 0.2) is 0 Å². The van der Waals surface area contributed by atoms with E-state index < -0.39 is 10.8 Å². The van der Waals surface area contributed by atoms with Crippen molar-refractivity contribution in [2.45, 2.75) is 10.8 Å². The standard InChI is InChI=1S/C50H35N/c1-5-20-36(21-6-1)49(45-33-17-18-35-47(45)51(38-24-9-3-10-25-38)39-26-11-4-12-27-39)43-31-15-16-32-44(43)50(37-22-7-2-8-23-37)42-30-14-13-28-40(42)41-29-19-34-46(49)48(41)50/h1-35H. The predicted octanol–water partition coefficient (Wildman–Crippen LogP) is 12.2. The fraction of sp³-hybridized carbons (Fsp3) is 0.0400. The van der Waals surface area contributed by atoms with Gasteiger partial charge in [-0.1, -0.05) is 182 Å². The van der Waals surface area contributed by atoms with Gasteiger partial charge >= 0.3 is 0 Å². The highest BCUT2D eigenvalue weighted by Gasteiger charge is 2.58. The summed E-state index contributed by atoms with van der Waals surface area (Å²) in [5.74, 6) is 0. The minimum absolute atomic E-state index is 0.480. The summed E-state index contributed by atoms with van der Waals surface area (Å²) in [6.07, 6.45) is 0. The highest BCUT2D eigenvalue weighted by molar-refractivity contribution is 5.93. The Morgan fingerprint density at radius 1 is 0.275 bits per heavy atom. The molecule has 0 fully saturated rings. The molecule has 2 aliphatic rings. The summed E-state index contributed by atoms with van der Waals surface area (Å²) in [4.78, 5) is 2.43. The van der Waals surface area contributed by atoms with Crippen molar-refractivity contribution in [1.82, 2.24) is 0 Å². The van der Waals surface area contributed by atoms with Crippen molar-refractivity contribution in [2.24, 2.45) is 0 Å². The highest BCUT2D eigenvalue weighted by Crippen LogP contribution is 2.66. The van der Waals surface area contributed by atoms with Gasteiger partial charge in [0.05, 0.1) is 16.5 Å². The molecule has 1 nitrogen and oxygen atoms in total. The fourth-order valence-corrected chi connectivity index (χ4v) is 9.39. The summed E-state index contributed by atoms with van der Waals surface area (Å²) in [6, 6.07) is 78.4. The van der Waals surface area contributed by atoms with Crippen LogP contribution in [-0.2, 0) is 10.8 Å². The maximum absolute atomic E-state index is 2.43. The Morgan fingerprint density at radius 2 is 0.686 bits per heavy atom. The lowest BCUT2D eigenvalue weighted by atomic mass is 9.51. The summed E-state index contributed by atoms with van der Waals surface area (Å²) < 4.78 is 0. The van der Waals surface area contributed by atoms with Crippen LogP contribution in [0.5, 0.6) is 0 Å². The Balaban J connectivity index is 1.40. The lowest BCUT2D eigenvalue weighted by Gasteiger charge is -2.50. The average molecular weight is 650 g/mol. The Hall–Kier alpha value is -6.44. The van der Waals surface area contributed by atoms with Gasteiger partial charge < -0.3 is 4.90 Å². The monoisotopic (exact) mass is 649 g/mol. The molecule has 0 bridgehead atoms. The van der Waals surface area contributed by atoms with E-state index >= 15 is 0 Å². The van der Waals surface area contributed by atoms with Gasteiger partial charge in [-0.2, -0.15) is 0 Å². The smallest absolute Gasteiger partial charge is 0.0728 e. The molecule has 0 saturated carbocycles. The van der Waals surface area contributed by atoms with Gasteiger partial charge in [-0.25, -0.2) is 0 Å². The van der Waals surface area contributed by atoms with E-state index in [1.807, 2.05) is 0 Å². The largest absolute Gasteiger partial charge is 0.310 e. The van der Waals surface area contributed by atoms with Crippen LogP contribution in [0.25, 0.3) is 11.1 Å². The molecule has 1 heteroatoms. The van der Waals surface area contributed by atoms with Gasteiger partial charge in [-0.3, -0.25) is 0 Å². The second kappa shape index (κ2) is 11.6. The van der Waals surface area contributed by atoms with Crippen molar-refractivity contribution in [3.05, 3.63) is 257 Å². The number of hydrogen-bond acceptors (Lipinski definition) is 1. The van der Waals surface area contributed by atoms with Crippen LogP contribution in [0.1, 0.15) is 44.5 Å². The SMILES string of the molecule is c1ccc(N(c2ccccc2)c2ccccc2C2(c3ccccc3)c3ccccc3C3(c4ccccc4)c4ccccc4-c4cccc2c43)cc1. The van der Waals surface area contributed by atoms with Crippen molar-refractivity contribution in [2.75, 3.05) is 4.90 Å². The van der Waals surface area contributed by atoms with Crippen molar-refractivity contribution >= 4 is 17.1 Å². The molecule has 10 rings (SSSR count). The Bertz CT molecular complexity index is 2480. The zero-order chi connectivity index (χ0) is 33.8. The van der Waals surface area contributed by atoms with Crippen LogP contribution in [0.2, 0.25) is 0 Å². The van der Waals surface area contributed by atoms with Crippen LogP contribution >= 0.6 is 0 Å². The molecule has 8 aromatic carbocycles. The average Bonchev–Trinajstić information content (AvgIpc) is 3.52. The van der Waals surface area contributed by atoms with Gasteiger partial charge in [0, 0.05) is 11.4 Å².